The lowest BCUT2D eigenvalue weighted by Crippen LogP contribution is -2.09. The van der Waals surface area contributed by atoms with Crippen molar-refractivity contribution in [1.29, 1.82) is 0 Å². The zero-order valence-corrected chi connectivity index (χ0v) is 7.24. The van der Waals surface area contributed by atoms with Crippen molar-refractivity contribution in [3.8, 4) is 0 Å². The summed E-state index contributed by atoms with van der Waals surface area (Å²) in [5, 5.41) is 8.41. The molecule has 0 radical (unpaired) electrons. The highest BCUT2D eigenvalue weighted by atomic mass is 16.4. The van der Waals surface area contributed by atoms with E-state index in [4.69, 9.17) is 5.11 Å². The van der Waals surface area contributed by atoms with Crippen LogP contribution in [0.5, 0.6) is 0 Å². The van der Waals surface area contributed by atoms with Gasteiger partial charge in [0.15, 0.2) is 0 Å². The van der Waals surface area contributed by atoms with Gasteiger partial charge in [-0.15, -0.1) is 0 Å². The van der Waals surface area contributed by atoms with E-state index in [1.165, 1.54) is 13.0 Å². The standard InChI is InChI=1S/C9H10O4/c1-3-7(10)8(11)5-4-6(2)9(12)13/h3-4H,1,5H2,2H3,(H,12,13). The average Bonchev–Trinajstić information content (AvgIpc) is 2.11. The third-order valence-electron chi connectivity index (χ3n) is 1.39. The Bertz CT molecular complexity index is 286. The van der Waals surface area contributed by atoms with Crippen molar-refractivity contribution in [2.24, 2.45) is 0 Å². The molecule has 0 fully saturated rings. The Morgan fingerprint density at radius 3 is 2.31 bits per heavy atom. The topological polar surface area (TPSA) is 71.4 Å². The highest BCUT2D eigenvalue weighted by Crippen LogP contribution is 1.97. The highest BCUT2D eigenvalue weighted by Gasteiger charge is 2.08. The van der Waals surface area contributed by atoms with Crippen LogP contribution < -0.4 is 0 Å². The fraction of sp³-hybridized carbons (Fsp3) is 0.222. The average molecular weight is 182 g/mol. The van der Waals surface area contributed by atoms with Crippen molar-refractivity contribution in [3.63, 3.8) is 0 Å². The lowest BCUT2D eigenvalue weighted by molar-refractivity contribution is -0.133. The van der Waals surface area contributed by atoms with Crippen molar-refractivity contribution in [2.75, 3.05) is 0 Å². The molecule has 0 saturated heterocycles. The summed E-state index contributed by atoms with van der Waals surface area (Å²) >= 11 is 0. The molecule has 0 heterocycles. The minimum atomic E-state index is -1.10. The number of rotatable bonds is 5. The lowest BCUT2D eigenvalue weighted by atomic mass is 10.1. The fourth-order valence-electron chi connectivity index (χ4n) is 0.548. The molecule has 0 aliphatic rings. The van der Waals surface area contributed by atoms with Crippen molar-refractivity contribution in [2.45, 2.75) is 13.3 Å². The molecule has 70 valence electrons. The molecular formula is C9H10O4. The number of carbonyl (C=O) groups excluding carboxylic acids is 2. The second-order valence-corrected chi connectivity index (χ2v) is 2.39. The molecule has 0 aromatic rings. The molecule has 0 unspecified atom stereocenters. The fourth-order valence-corrected chi connectivity index (χ4v) is 0.548. The third-order valence-corrected chi connectivity index (χ3v) is 1.39. The van der Waals surface area contributed by atoms with Gasteiger partial charge in [-0.3, -0.25) is 9.59 Å². The maximum atomic E-state index is 10.8. The molecule has 0 rings (SSSR count). The van der Waals surface area contributed by atoms with E-state index in [-0.39, 0.29) is 12.0 Å². The van der Waals surface area contributed by atoms with E-state index in [1.54, 1.807) is 0 Å². The zero-order valence-electron chi connectivity index (χ0n) is 7.24. The minimum Gasteiger partial charge on any atom is -0.478 e. The first-order chi connectivity index (χ1) is 5.99. The number of allylic oxidation sites excluding steroid dienone is 2. The van der Waals surface area contributed by atoms with Crippen LogP contribution in [0, 0.1) is 0 Å². The monoisotopic (exact) mass is 182 g/mol. The number of hydrogen-bond acceptors (Lipinski definition) is 3. The summed E-state index contributed by atoms with van der Waals surface area (Å²) in [4.78, 5) is 31.8. The Balaban J connectivity index is 4.25. The summed E-state index contributed by atoms with van der Waals surface area (Å²) in [7, 11) is 0. The molecule has 0 bridgehead atoms. The molecule has 0 aromatic heterocycles. The molecule has 0 aliphatic heterocycles. The Hall–Kier alpha value is -1.71. The molecule has 4 heteroatoms. The van der Waals surface area contributed by atoms with Crippen LogP contribution in [0.15, 0.2) is 24.3 Å². The number of Topliss-reactive ketones (excluding diaryl/α,β-unsaturated/α-hetero) is 1. The van der Waals surface area contributed by atoms with Crippen LogP contribution in [-0.2, 0) is 14.4 Å². The van der Waals surface area contributed by atoms with Gasteiger partial charge in [-0.05, 0) is 13.0 Å². The van der Waals surface area contributed by atoms with E-state index in [0.29, 0.717) is 0 Å². The van der Waals surface area contributed by atoms with Crippen LogP contribution in [-0.4, -0.2) is 22.6 Å². The summed E-state index contributed by atoms with van der Waals surface area (Å²) in [5.41, 5.74) is 0.0465. The van der Waals surface area contributed by atoms with Crippen molar-refractivity contribution in [3.05, 3.63) is 24.3 Å². The van der Waals surface area contributed by atoms with Crippen LogP contribution in [0.25, 0.3) is 0 Å². The second kappa shape index (κ2) is 5.03. The summed E-state index contributed by atoms with van der Waals surface area (Å²) in [6.07, 6.45) is 1.92. The van der Waals surface area contributed by atoms with Gasteiger partial charge in [-0.25, -0.2) is 4.79 Å². The van der Waals surface area contributed by atoms with E-state index in [2.05, 4.69) is 6.58 Å². The van der Waals surface area contributed by atoms with Gasteiger partial charge >= 0.3 is 5.97 Å². The van der Waals surface area contributed by atoms with Gasteiger partial charge in [0.05, 0.1) is 0 Å². The third kappa shape index (κ3) is 4.00. The summed E-state index contributed by atoms with van der Waals surface area (Å²) in [5.74, 6) is -2.45. The van der Waals surface area contributed by atoms with E-state index in [1.807, 2.05) is 0 Å². The van der Waals surface area contributed by atoms with E-state index >= 15 is 0 Å². The Morgan fingerprint density at radius 2 is 1.92 bits per heavy atom. The normalized spacial score (nSPS) is 10.7. The van der Waals surface area contributed by atoms with Gasteiger partial charge in [0, 0.05) is 12.0 Å². The molecule has 0 atom stereocenters. The van der Waals surface area contributed by atoms with Crippen LogP contribution in [0.3, 0.4) is 0 Å². The van der Waals surface area contributed by atoms with E-state index in [9.17, 15) is 14.4 Å². The first-order valence-electron chi connectivity index (χ1n) is 3.58. The number of aliphatic carboxylic acids is 1. The predicted octanol–water partition coefficient (Wildman–Crippen LogP) is 0.732. The largest absolute Gasteiger partial charge is 0.478 e. The SMILES string of the molecule is C=CC(=O)C(=O)CC=C(C)C(=O)O. The molecule has 0 amide bonds. The molecule has 0 aliphatic carbocycles. The zero-order chi connectivity index (χ0) is 10.4. The summed E-state index contributed by atoms with van der Waals surface area (Å²) in [6.45, 7) is 4.49. The van der Waals surface area contributed by atoms with Gasteiger partial charge < -0.3 is 5.11 Å². The first kappa shape index (κ1) is 11.3. The van der Waals surface area contributed by atoms with Crippen LogP contribution in [0.1, 0.15) is 13.3 Å². The Kier molecular flexibility index (Phi) is 4.37. The molecule has 4 nitrogen and oxygen atoms in total. The number of carboxylic acids is 1. The minimum absolute atomic E-state index is 0.0465. The van der Waals surface area contributed by atoms with Crippen LogP contribution in [0.2, 0.25) is 0 Å². The predicted molar refractivity (Wildman–Crippen MR) is 46.2 cm³/mol. The first-order valence-corrected chi connectivity index (χ1v) is 3.58. The van der Waals surface area contributed by atoms with Gasteiger partial charge in [0.25, 0.3) is 0 Å². The van der Waals surface area contributed by atoms with Crippen LogP contribution in [0.4, 0.5) is 0 Å². The Labute approximate surface area is 75.6 Å². The number of carbonyl (C=O) groups is 3. The van der Waals surface area contributed by atoms with Gasteiger partial charge in [0.2, 0.25) is 11.6 Å². The number of hydrogen-bond donors (Lipinski definition) is 1. The molecule has 0 spiro atoms. The maximum Gasteiger partial charge on any atom is 0.330 e. The number of ketones is 2. The molecule has 1 N–H and O–H groups in total. The van der Waals surface area contributed by atoms with Gasteiger partial charge in [0.1, 0.15) is 0 Å². The van der Waals surface area contributed by atoms with Crippen molar-refractivity contribution in [1.82, 2.24) is 0 Å². The smallest absolute Gasteiger partial charge is 0.330 e. The second-order valence-electron chi connectivity index (χ2n) is 2.39. The highest BCUT2D eigenvalue weighted by molar-refractivity contribution is 6.41. The van der Waals surface area contributed by atoms with E-state index < -0.39 is 17.5 Å². The van der Waals surface area contributed by atoms with Gasteiger partial charge in [-0.2, -0.15) is 0 Å². The van der Waals surface area contributed by atoms with Gasteiger partial charge in [-0.1, -0.05) is 12.7 Å². The molecule has 13 heavy (non-hydrogen) atoms. The van der Waals surface area contributed by atoms with Crippen molar-refractivity contribution < 1.29 is 19.5 Å². The summed E-state index contributed by atoms with van der Waals surface area (Å²) < 4.78 is 0. The summed E-state index contributed by atoms with van der Waals surface area (Å²) in [6, 6.07) is 0. The Morgan fingerprint density at radius 1 is 1.38 bits per heavy atom. The number of carboxylic acid groups (broad SMARTS) is 1. The lowest BCUT2D eigenvalue weighted by Gasteiger charge is -1.92. The molecule has 0 aromatic carbocycles. The molecule has 0 saturated carbocycles. The van der Waals surface area contributed by atoms with E-state index in [0.717, 1.165) is 6.08 Å². The quantitative estimate of drug-likeness (QED) is 0.502. The molecular weight excluding hydrogens is 172 g/mol. The van der Waals surface area contributed by atoms with Crippen molar-refractivity contribution >= 4 is 17.5 Å². The maximum absolute atomic E-state index is 10.8. The van der Waals surface area contributed by atoms with Crippen LogP contribution >= 0.6 is 0 Å².